The lowest BCUT2D eigenvalue weighted by atomic mass is 9.99. The van der Waals surface area contributed by atoms with E-state index in [1.807, 2.05) is 0 Å². The molecule has 0 amide bonds. The van der Waals surface area contributed by atoms with Crippen LogP contribution in [0.15, 0.2) is 18.2 Å². The zero-order chi connectivity index (χ0) is 12.0. The summed E-state index contributed by atoms with van der Waals surface area (Å²) in [6.07, 6.45) is 3.13. The number of ether oxygens (including phenoxy) is 1. The Kier molecular flexibility index (Phi) is 2.58. The summed E-state index contributed by atoms with van der Waals surface area (Å²) in [7, 11) is 1.55. The minimum absolute atomic E-state index is 0.314. The van der Waals surface area contributed by atoms with Crippen LogP contribution in [0.25, 0.3) is 0 Å². The molecule has 1 aromatic rings. The highest BCUT2D eigenvalue weighted by molar-refractivity contribution is 5.37. The fraction of sp³-hybridized carbons (Fsp3) is 0.571. The number of methoxy groups -OCH3 is 1. The normalized spacial score (nSPS) is 32.1. The minimum atomic E-state index is -0.573. The van der Waals surface area contributed by atoms with Crippen LogP contribution in [-0.4, -0.2) is 12.2 Å². The molecular formula is C14H17FO2. The molecule has 0 aliphatic heterocycles. The fourth-order valence-corrected chi connectivity index (χ4v) is 3.49. The van der Waals surface area contributed by atoms with Gasteiger partial charge in [-0.05, 0) is 48.8 Å². The number of aliphatic hydroxyl groups is 1. The van der Waals surface area contributed by atoms with Gasteiger partial charge in [0.1, 0.15) is 11.6 Å². The second-order valence-corrected chi connectivity index (χ2v) is 5.17. The number of halogens is 1. The summed E-state index contributed by atoms with van der Waals surface area (Å²) < 4.78 is 18.4. The number of fused-ring (bicyclic) bond motifs is 1. The number of hydrogen-bond donors (Lipinski definition) is 1. The second-order valence-electron chi connectivity index (χ2n) is 5.17. The molecule has 2 saturated carbocycles. The minimum Gasteiger partial charge on any atom is -0.496 e. The maximum Gasteiger partial charge on any atom is 0.124 e. The van der Waals surface area contributed by atoms with Gasteiger partial charge in [-0.15, -0.1) is 0 Å². The summed E-state index contributed by atoms with van der Waals surface area (Å²) in [6, 6.07) is 4.35. The Morgan fingerprint density at radius 2 is 2.06 bits per heavy atom. The lowest BCUT2D eigenvalue weighted by Gasteiger charge is -2.16. The van der Waals surface area contributed by atoms with E-state index in [2.05, 4.69) is 0 Å². The van der Waals surface area contributed by atoms with Crippen molar-refractivity contribution in [3.63, 3.8) is 0 Å². The predicted molar refractivity (Wildman–Crippen MR) is 62.2 cm³/mol. The van der Waals surface area contributed by atoms with Gasteiger partial charge < -0.3 is 9.84 Å². The highest BCUT2D eigenvalue weighted by atomic mass is 19.1. The third-order valence-electron chi connectivity index (χ3n) is 4.35. The topological polar surface area (TPSA) is 29.5 Å². The van der Waals surface area contributed by atoms with Crippen LogP contribution in [0.2, 0.25) is 0 Å². The van der Waals surface area contributed by atoms with E-state index in [1.54, 1.807) is 13.2 Å². The smallest absolute Gasteiger partial charge is 0.124 e. The van der Waals surface area contributed by atoms with Gasteiger partial charge in [-0.25, -0.2) is 4.39 Å². The average molecular weight is 236 g/mol. The van der Waals surface area contributed by atoms with Gasteiger partial charge in [0, 0.05) is 5.56 Å². The molecule has 2 nitrogen and oxygen atoms in total. The number of aliphatic hydroxyl groups excluding tert-OH is 1. The summed E-state index contributed by atoms with van der Waals surface area (Å²) in [6.45, 7) is 0. The van der Waals surface area contributed by atoms with Gasteiger partial charge in [-0.2, -0.15) is 0 Å². The molecular weight excluding hydrogens is 219 g/mol. The van der Waals surface area contributed by atoms with Gasteiger partial charge in [-0.1, -0.05) is 6.42 Å². The van der Waals surface area contributed by atoms with E-state index in [0.29, 0.717) is 29.1 Å². The third kappa shape index (κ3) is 1.73. The van der Waals surface area contributed by atoms with Crippen molar-refractivity contribution in [2.24, 2.45) is 17.8 Å². The van der Waals surface area contributed by atoms with Crippen molar-refractivity contribution < 1.29 is 14.2 Å². The van der Waals surface area contributed by atoms with Crippen molar-refractivity contribution in [2.45, 2.75) is 25.4 Å². The molecule has 2 aliphatic rings. The first-order valence-electron chi connectivity index (χ1n) is 6.24. The number of rotatable bonds is 3. The van der Waals surface area contributed by atoms with Crippen molar-refractivity contribution in [2.75, 3.05) is 7.11 Å². The zero-order valence-electron chi connectivity index (χ0n) is 9.90. The van der Waals surface area contributed by atoms with E-state index in [9.17, 15) is 9.50 Å². The van der Waals surface area contributed by atoms with Crippen molar-refractivity contribution >= 4 is 0 Å². The molecule has 3 rings (SSSR count). The molecule has 0 radical (unpaired) electrons. The van der Waals surface area contributed by atoms with Crippen LogP contribution in [0.5, 0.6) is 5.75 Å². The first-order valence-corrected chi connectivity index (χ1v) is 6.24. The molecule has 3 atom stereocenters. The zero-order valence-corrected chi connectivity index (χ0v) is 9.90. The van der Waals surface area contributed by atoms with Crippen LogP contribution in [0, 0.1) is 23.6 Å². The highest BCUT2D eigenvalue weighted by Gasteiger charge is 2.56. The summed E-state index contributed by atoms with van der Waals surface area (Å²) in [5, 5.41) is 10.4. The van der Waals surface area contributed by atoms with Gasteiger partial charge in [0.25, 0.3) is 0 Å². The van der Waals surface area contributed by atoms with Crippen LogP contribution in [0.1, 0.15) is 30.9 Å². The van der Waals surface area contributed by atoms with E-state index in [-0.39, 0.29) is 5.82 Å². The molecule has 2 aliphatic carbocycles. The van der Waals surface area contributed by atoms with Crippen LogP contribution >= 0.6 is 0 Å². The molecule has 17 heavy (non-hydrogen) atoms. The molecule has 92 valence electrons. The molecule has 0 saturated heterocycles. The first kappa shape index (κ1) is 11.0. The largest absolute Gasteiger partial charge is 0.496 e. The molecule has 0 bridgehead atoms. The van der Waals surface area contributed by atoms with E-state index in [1.165, 1.54) is 31.4 Å². The molecule has 1 N–H and O–H groups in total. The lowest BCUT2D eigenvalue weighted by molar-refractivity contribution is 0.133. The highest BCUT2D eigenvalue weighted by Crippen LogP contribution is 2.62. The van der Waals surface area contributed by atoms with Gasteiger partial charge >= 0.3 is 0 Å². The van der Waals surface area contributed by atoms with Crippen LogP contribution in [0.3, 0.4) is 0 Å². The molecule has 0 aromatic heterocycles. The monoisotopic (exact) mass is 236 g/mol. The van der Waals surface area contributed by atoms with Gasteiger partial charge in [-0.3, -0.25) is 0 Å². The van der Waals surface area contributed by atoms with Crippen molar-refractivity contribution in [3.05, 3.63) is 29.6 Å². The number of hydrogen-bond acceptors (Lipinski definition) is 2. The number of benzene rings is 1. The quantitative estimate of drug-likeness (QED) is 0.874. The molecule has 1 aromatic carbocycles. The maximum absolute atomic E-state index is 13.3. The standard InChI is InChI=1S/C14H17FO2/c1-17-12-6-5-8(15)7-11(12)14(16)13-9-3-2-4-10(9)13/h5-7,9-10,13-14,16H,2-4H2,1H3. The summed E-state index contributed by atoms with van der Waals surface area (Å²) in [5.74, 6) is 1.89. The summed E-state index contributed by atoms with van der Waals surface area (Å²) in [5.41, 5.74) is 0.604. The Balaban J connectivity index is 1.85. The van der Waals surface area contributed by atoms with E-state index < -0.39 is 6.10 Å². The molecule has 0 spiro atoms. The Bertz CT molecular complexity index is 422. The fourth-order valence-electron chi connectivity index (χ4n) is 3.49. The Hall–Kier alpha value is -1.09. The summed E-state index contributed by atoms with van der Waals surface area (Å²) in [4.78, 5) is 0. The van der Waals surface area contributed by atoms with E-state index in [0.717, 1.165) is 0 Å². The van der Waals surface area contributed by atoms with Crippen molar-refractivity contribution in [1.82, 2.24) is 0 Å². The second kappa shape index (κ2) is 3.98. The van der Waals surface area contributed by atoms with Gasteiger partial charge in [0.2, 0.25) is 0 Å². The SMILES string of the molecule is COc1ccc(F)cc1C(O)C1C2CCCC21. The average Bonchev–Trinajstić information content (AvgIpc) is 2.81. The molecule has 2 fully saturated rings. The van der Waals surface area contributed by atoms with Crippen molar-refractivity contribution in [1.29, 1.82) is 0 Å². The first-order chi connectivity index (χ1) is 8.22. The van der Waals surface area contributed by atoms with E-state index in [4.69, 9.17) is 4.74 Å². The van der Waals surface area contributed by atoms with Gasteiger partial charge in [0.15, 0.2) is 0 Å². The van der Waals surface area contributed by atoms with E-state index >= 15 is 0 Å². The molecule has 3 unspecified atom stereocenters. The molecule has 0 heterocycles. The lowest BCUT2D eigenvalue weighted by Crippen LogP contribution is -2.06. The Labute approximate surface area is 100 Å². The Morgan fingerprint density at radius 1 is 1.35 bits per heavy atom. The predicted octanol–water partition coefficient (Wildman–Crippen LogP) is 2.91. The van der Waals surface area contributed by atoms with Gasteiger partial charge in [0.05, 0.1) is 13.2 Å². The summed E-state index contributed by atoms with van der Waals surface area (Å²) >= 11 is 0. The maximum atomic E-state index is 13.3. The van der Waals surface area contributed by atoms with Crippen LogP contribution in [-0.2, 0) is 0 Å². The third-order valence-corrected chi connectivity index (χ3v) is 4.35. The van der Waals surface area contributed by atoms with Crippen LogP contribution < -0.4 is 4.74 Å². The Morgan fingerprint density at radius 3 is 2.71 bits per heavy atom. The molecule has 3 heteroatoms. The van der Waals surface area contributed by atoms with Crippen molar-refractivity contribution in [3.8, 4) is 5.75 Å². The van der Waals surface area contributed by atoms with Crippen LogP contribution in [0.4, 0.5) is 4.39 Å².